The van der Waals surface area contributed by atoms with Gasteiger partial charge >= 0.3 is 0 Å². The van der Waals surface area contributed by atoms with E-state index < -0.39 is 0 Å². The van der Waals surface area contributed by atoms with Crippen LogP contribution in [0, 0.1) is 13.8 Å². The molecule has 1 fully saturated rings. The molecule has 148 valence electrons. The van der Waals surface area contributed by atoms with Gasteiger partial charge in [0.2, 0.25) is 24.4 Å². The molecule has 1 atom stereocenters. The minimum Gasteiger partial charge on any atom is -0.454 e. The van der Waals surface area contributed by atoms with Crippen molar-refractivity contribution >= 4 is 5.91 Å². The van der Waals surface area contributed by atoms with E-state index in [-0.39, 0.29) is 18.7 Å². The third-order valence-electron chi connectivity index (χ3n) is 5.61. The molecule has 7 heteroatoms. The highest BCUT2D eigenvalue weighted by atomic mass is 16.7. The van der Waals surface area contributed by atoms with E-state index in [4.69, 9.17) is 14.0 Å². The van der Waals surface area contributed by atoms with Crippen molar-refractivity contribution in [3.05, 3.63) is 59.0 Å². The molecule has 0 saturated carbocycles. The molecule has 1 amide bonds. The minimum absolute atomic E-state index is 0.107. The summed E-state index contributed by atoms with van der Waals surface area (Å²) in [6, 6.07) is 11.6. The van der Waals surface area contributed by atoms with Gasteiger partial charge in [0.1, 0.15) is 6.04 Å². The molecule has 2 aliphatic rings. The van der Waals surface area contributed by atoms with Crippen molar-refractivity contribution in [2.75, 3.05) is 6.79 Å². The third kappa shape index (κ3) is 3.22. The Kier molecular flexibility index (Phi) is 4.23. The van der Waals surface area contributed by atoms with Crippen molar-refractivity contribution in [2.45, 2.75) is 39.3 Å². The molecule has 2 aromatic carbocycles. The van der Waals surface area contributed by atoms with Crippen LogP contribution in [0.15, 0.2) is 40.9 Å². The second-order valence-corrected chi connectivity index (χ2v) is 7.52. The minimum atomic E-state index is -0.209. The first-order valence-electron chi connectivity index (χ1n) is 9.68. The predicted octanol–water partition coefficient (Wildman–Crippen LogP) is 3.95. The van der Waals surface area contributed by atoms with Gasteiger partial charge in [0.15, 0.2) is 11.5 Å². The van der Waals surface area contributed by atoms with Crippen LogP contribution >= 0.6 is 0 Å². The maximum Gasteiger partial charge on any atom is 0.249 e. The van der Waals surface area contributed by atoms with E-state index in [1.807, 2.05) is 23.1 Å². The molecule has 1 aromatic heterocycles. The number of ether oxygens (including phenoxy) is 2. The fourth-order valence-electron chi connectivity index (χ4n) is 3.81. The highest BCUT2D eigenvalue weighted by molar-refractivity contribution is 5.79. The molecule has 5 rings (SSSR count). The van der Waals surface area contributed by atoms with Crippen LogP contribution in [0.5, 0.6) is 11.5 Å². The van der Waals surface area contributed by atoms with Crippen molar-refractivity contribution < 1.29 is 18.8 Å². The van der Waals surface area contributed by atoms with Gasteiger partial charge in [-0.1, -0.05) is 23.4 Å². The summed E-state index contributed by atoms with van der Waals surface area (Å²) < 4.78 is 16.3. The Morgan fingerprint density at radius 1 is 1.07 bits per heavy atom. The summed E-state index contributed by atoms with van der Waals surface area (Å²) >= 11 is 0. The van der Waals surface area contributed by atoms with Gasteiger partial charge < -0.3 is 18.9 Å². The van der Waals surface area contributed by atoms with Crippen LogP contribution in [0.2, 0.25) is 0 Å². The Hall–Kier alpha value is -3.35. The van der Waals surface area contributed by atoms with Crippen LogP contribution in [-0.2, 0) is 11.3 Å². The molecule has 0 aliphatic carbocycles. The lowest BCUT2D eigenvalue weighted by Gasteiger charge is -2.22. The number of nitrogens with zero attached hydrogens (tertiary/aromatic N) is 3. The van der Waals surface area contributed by atoms with Gasteiger partial charge in [-0.2, -0.15) is 4.98 Å². The fourth-order valence-corrected chi connectivity index (χ4v) is 3.81. The molecular weight excluding hydrogens is 370 g/mol. The van der Waals surface area contributed by atoms with Crippen LogP contribution < -0.4 is 9.47 Å². The summed E-state index contributed by atoms with van der Waals surface area (Å²) in [5.41, 5.74) is 4.34. The largest absolute Gasteiger partial charge is 0.454 e. The smallest absolute Gasteiger partial charge is 0.249 e. The summed E-state index contributed by atoms with van der Waals surface area (Å²) in [6.45, 7) is 4.91. The van der Waals surface area contributed by atoms with Gasteiger partial charge in [-0.15, -0.1) is 0 Å². The summed E-state index contributed by atoms with van der Waals surface area (Å²) in [5.74, 6) is 2.42. The zero-order valence-electron chi connectivity index (χ0n) is 16.3. The molecular formula is C22H21N3O4. The van der Waals surface area contributed by atoms with E-state index in [1.54, 1.807) is 0 Å². The Balaban J connectivity index is 1.39. The molecule has 0 spiro atoms. The molecule has 0 radical (unpaired) electrons. The van der Waals surface area contributed by atoms with Crippen molar-refractivity contribution in [1.29, 1.82) is 0 Å². The first-order chi connectivity index (χ1) is 14.1. The Morgan fingerprint density at radius 2 is 1.93 bits per heavy atom. The monoisotopic (exact) mass is 391 g/mol. The maximum atomic E-state index is 12.5. The van der Waals surface area contributed by atoms with Crippen molar-refractivity contribution in [3.63, 3.8) is 0 Å². The number of amides is 1. The standard InChI is InChI=1S/C22H21N3O4/c1-13-3-4-15(9-14(13)2)11-25-17(6-8-20(25)26)22-23-21(24-29-22)16-5-7-18-19(10-16)28-12-27-18/h3-5,7,9-10,17H,6,8,11-12H2,1-2H3. The van der Waals surface area contributed by atoms with E-state index in [0.717, 1.165) is 11.1 Å². The number of carbonyl (C=O) groups excluding carboxylic acids is 1. The van der Waals surface area contributed by atoms with Crippen LogP contribution in [0.25, 0.3) is 11.4 Å². The van der Waals surface area contributed by atoms with Gasteiger partial charge in [-0.05, 0) is 55.2 Å². The van der Waals surface area contributed by atoms with E-state index >= 15 is 0 Å². The van der Waals surface area contributed by atoms with Gasteiger partial charge in [0.25, 0.3) is 0 Å². The number of aromatic nitrogens is 2. The third-order valence-corrected chi connectivity index (χ3v) is 5.61. The van der Waals surface area contributed by atoms with Gasteiger partial charge in [-0.25, -0.2) is 0 Å². The number of benzene rings is 2. The lowest BCUT2D eigenvalue weighted by Crippen LogP contribution is -2.27. The Labute approximate surface area is 168 Å². The SMILES string of the molecule is Cc1ccc(CN2C(=O)CCC2c2nc(-c3ccc4c(c3)OCO4)no2)cc1C. The zero-order chi connectivity index (χ0) is 20.0. The molecule has 3 heterocycles. The normalized spacial score (nSPS) is 17.9. The number of aryl methyl sites for hydroxylation is 2. The number of fused-ring (bicyclic) bond motifs is 1. The van der Waals surface area contributed by atoms with E-state index in [2.05, 4.69) is 42.2 Å². The molecule has 0 bridgehead atoms. The second-order valence-electron chi connectivity index (χ2n) is 7.52. The van der Waals surface area contributed by atoms with E-state index in [9.17, 15) is 4.79 Å². The maximum absolute atomic E-state index is 12.5. The summed E-state index contributed by atoms with van der Waals surface area (Å²) in [6.07, 6.45) is 1.16. The van der Waals surface area contributed by atoms with Crippen LogP contribution in [0.1, 0.15) is 41.5 Å². The highest BCUT2D eigenvalue weighted by Crippen LogP contribution is 2.37. The summed E-state index contributed by atoms with van der Waals surface area (Å²) in [4.78, 5) is 18.9. The first kappa shape index (κ1) is 17.7. The fraction of sp³-hybridized carbons (Fsp3) is 0.318. The molecule has 29 heavy (non-hydrogen) atoms. The second kappa shape index (κ2) is 6.92. The molecule has 7 nitrogen and oxygen atoms in total. The summed E-state index contributed by atoms with van der Waals surface area (Å²) in [5, 5.41) is 4.13. The predicted molar refractivity (Wildman–Crippen MR) is 104 cm³/mol. The van der Waals surface area contributed by atoms with Gasteiger partial charge in [0.05, 0.1) is 0 Å². The topological polar surface area (TPSA) is 77.7 Å². The van der Waals surface area contributed by atoms with Crippen LogP contribution in [0.3, 0.4) is 0 Å². The van der Waals surface area contributed by atoms with E-state index in [0.29, 0.717) is 42.6 Å². The zero-order valence-corrected chi connectivity index (χ0v) is 16.3. The van der Waals surface area contributed by atoms with Gasteiger partial charge in [0, 0.05) is 18.5 Å². The molecule has 2 aliphatic heterocycles. The number of likely N-dealkylation sites (tertiary alicyclic amines) is 1. The lowest BCUT2D eigenvalue weighted by atomic mass is 10.1. The first-order valence-corrected chi connectivity index (χ1v) is 9.68. The Morgan fingerprint density at radius 3 is 2.79 bits per heavy atom. The highest BCUT2D eigenvalue weighted by Gasteiger charge is 2.36. The number of carbonyl (C=O) groups is 1. The number of hydrogen-bond acceptors (Lipinski definition) is 6. The molecule has 1 unspecified atom stereocenters. The number of hydrogen-bond donors (Lipinski definition) is 0. The van der Waals surface area contributed by atoms with E-state index in [1.165, 1.54) is 11.1 Å². The van der Waals surface area contributed by atoms with Crippen molar-refractivity contribution in [3.8, 4) is 22.9 Å². The van der Waals surface area contributed by atoms with Crippen LogP contribution in [0.4, 0.5) is 0 Å². The molecule has 1 saturated heterocycles. The molecule has 3 aromatic rings. The van der Waals surface area contributed by atoms with Gasteiger partial charge in [-0.3, -0.25) is 4.79 Å². The quantitative estimate of drug-likeness (QED) is 0.670. The summed E-state index contributed by atoms with van der Waals surface area (Å²) in [7, 11) is 0. The van der Waals surface area contributed by atoms with Crippen LogP contribution in [-0.4, -0.2) is 27.7 Å². The average molecular weight is 391 g/mol. The molecule has 0 N–H and O–H groups in total. The van der Waals surface area contributed by atoms with Crippen molar-refractivity contribution in [1.82, 2.24) is 15.0 Å². The van der Waals surface area contributed by atoms with Crippen molar-refractivity contribution in [2.24, 2.45) is 0 Å². The Bertz CT molecular complexity index is 1090. The number of rotatable bonds is 4. The lowest BCUT2D eigenvalue weighted by molar-refractivity contribution is -0.130. The average Bonchev–Trinajstić information content (AvgIpc) is 3.44.